The Hall–Kier alpha value is -2.19. The summed E-state index contributed by atoms with van der Waals surface area (Å²) in [7, 11) is -3.69. The van der Waals surface area contributed by atoms with Gasteiger partial charge in [0.2, 0.25) is 10.0 Å². The third kappa shape index (κ3) is 4.28. The van der Waals surface area contributed by atoms with Crippen LogP contribution in [0.1, 0.15) is 59.9 Å². The number of carbonyl (C=O) groups is 1. The molecule has 2 heterocycles. The zero-order valence-electron chi connectivity index (χ0n) is 18.2. The Kier molecular flexibility index (Phi) is 6.21. The zero-order chi connectivity index (χ0) is 22.2. The van der Waals surface area contributed by atoms with Crippen molar-refractivity contribution in [3.63, 3.8) is 0 Å². The Morgan fingerprint density at radius 3 is 2.19 bits per heavy atom. The summed E-state index contributed by atoms with van der Waals surface area (Å²) in [6.45, 7) is 5.22. The Labute approximate surface area is 183 Å². The number of sulfonamides is 1. The number of hydrogen-bond acceptors (Lipinski definition) is 3. The van der Waals surface area contributed by atoms with Crippen LogP contribution in [0, 0.1) is 19.7 Å². The fourth-order valence-corrected chi connectivity index (χ4v) is 6.37. The molecule has 0 bridgehead atoms. The molecule has 1 aliphatic heterocycles. The molecule has 0 radical (unpaired) electrons. The molecule has 0 spiro atoms. The second kappa shape index (κ2) is 8.74. The van der Waals surface area contributed by atoms with Crippen molar-refractivity contribution in [1.82, 2.24) is 13.8 Å². The summed E-state index contributed by atoms with van der Waals surface area (Å²) in [6, 6.07) is 7.30. The van der Waals surface area contributed by atoms with Gasteiger partial charge in [-0.1, -0.05) is 19.3 Å². The molecule has 31 heavy (non-hydrogen) atoms. The second-order valence-corrected chi connectivity index (χ2v) is 10.5. The van der Waals surface area contributed by atoms with Gasteiger partial charge in [0.1, 0.15) is 5.82 Å². The molecule has 1 aromatic carbocycles. The van der Waals surface area contributed by atoms with Gasteiger partial charge in [-0.2, -0.15) is 4.31 Å². The topological polar surface area (TPSA) is 62.6 Å². The molecule has 4 rings (SSSR count). The quantitative estimate of drug-likeness (QED) is 0.714. The van der Waals surface area contributed by atoms with E-state index in [1.54, 1.807) is 4.90 Å². The van der Waals surface area contributed by atoms with Gasteiger partial charge in [0.15, 0.2) is 0 Å². The van der Waals surface area contributed by atoms with Gasteiger partial charge in [-0.25, -0.2) is 12.8 Å². The van der Waals surface area contributed by atoms with Crippen molar-refractivity contribution >= 4 is 15.9 Å². The summed E-state index contributed by atoms with van der Waals surface area (Å²) in [5.74, 6) is -0.505. The van der Waals surface area contributed by atoms with Gasteiger partial charge in [0, 0.05) is 43.6 Å². The number of amides is 1. The third-order valence-electron chi connectivity index (χ3n) is 6.63. The molecule has 1 saturated carbocycles. The number of nitrogens with zero attached hydrogens (tertiary/aromatic N) is 3. The molecular weight excluding hydrogens is 417 g/mol. The van der Waals surface area contributed by atoms with Crippen LogP contribution in [0.15, 0.2) is 35.2 Å². The first-order valence-corrected chi connectivity index (χ1v) is 12.5. The van der Waals surface area contributed by atoms with Gasteiger partial charge in [-0.3, -0.25) is 4.79 Å². The smallest absolute Gasteiger partial charge is 0.255 e. The zero-order valence-corrected chi connectivity index (χ0v) is 19.0. The summed E-state index contributed by atoms with van der Waals surface area (Å²) in [4.78, 5) is 15.0. The molecule has 2 fully saturated rings. The SMILES string of the molecule is Cc1cc(C(=O)N2CCN(S(=O)(=O)c3ccc(F)cc3)CC2)c(C)n1C1CCCCC1. The van der Waals surface area contributed by atoms with Crippen molar-refractivity contribution in [2.24, 2.45) is 0 Å². The highest BCUT2D eigenvalue weighted by Crippen LogP contribution is 2.32. The van der Waals surface area contributed by atoms with Crippen LogP contribution < -0.4 is 0 Å². The predicted octanol–water partition coefficient (Wildman–Crippen LogP) is 3.90. The van der Waals surface area contributed by atoms with Crippen LogP contribution in [0.2, 0.25) is 0 Å². The summed E-state index contributed by atoms with van der Waals surface area (Å²) in [5.41, 5.74) is 2.85. The molecule has 2 aromatic rings. The summed E-state index contributed by atoms with van der Waals surface area (Å²) in [5, 5.41) is 0. The van der Waals surface area contributed by atoms with Crippen molar-refractivity contribution < 1.29 is 17.6 Å². The first-order chi connectivity index (χ1) is 14.8. The van der Waals surface area contributed by atoms with E-state index >= 15 is 0 Å². The van der Waals surface area contributed by atoms with E-state index < -0.39 is 15.8 Å². The molecule has 8 heteroatoms. The van der Waals surface area contributed by atoms with Crippen molar-refractivity contribution in [1.29, 1.82) is 0 Å². The lowest BCUT2D eigenvalue weighted by molar-refractivity contribution is 0.0697. The van der Waals surface area contributed by atoms with Gasteiger partial charge in [-0.05, 0) is 57.0 Å². The number of benzene rings is 1. The molecule has 6 nitrogen and oxygen atoms in total. The minimum absolute atomic E-state index is 0.0333. The standard InChI is InChI=1S/C23H30FN3O3S/c1-17-16-22(18(2)27(17)20-6-4-3-5-7-20)23(28)25-12-14-26(15-13-25)31(29,30)21-10-8-19(24)9-11-21/h8-11,16,20H,3-7,12-15H2,1-2H3. The van der Waals surface area contributed by atoms with E-state index in [-0.39, 0.29) is 23.9 Å². The number of aromatic nitrogens is 1. The minimum atomic E-state index is -3.69. The van der Waals surface area contributed by atoms with E-state index in [0.717, 1.165) is 41.9 Å². The molecule has 1 aromatic heterocycles. The van der Waals surface area contributed by atoms with Crippen LogP contribution in [0.3, 0.4) is 0 Å². The molecule has 1 saturated heterocycles. The van der Waals surface area contributed by atoms with Crippen LogP contribution >= 0.6 is 0 Å². The summed E-state index contributed by atoms with van der Waals surface area (Å²) in [6.07, 6.45) is 6.06. The molecule has 168 valence electrons. The van der Waals surface area contributed by atoms with E-state index in [4.69, 9.17) is 0 Å². The van der Waals surface area contributed by atoms with Gasteiger partial charge >= 0.3 is 0 Å². The molecule has 0 atom stereocenters. The van der Waals surface area contributed by atoms with Crippen LogP contribution in [-0.4, -0.2) is 54.3 Å². The van der Waals surface area contributed by atoms with Gasteiger partial charge in [-0.15, -0.1) is 0 Å². The molecule has 1 aliphatic carbocycles. The monoisotopic (exact) mass is 447 g/mol. The Bertz CT molecular complexity index is 1050. The number of carbonyl (C=O) groups excluding carboxylic acids is 1. The fourth-order valence-electron chi connectivity index (χ4n) is 4.95. The van der Waals surface area contributed by atoms with Crippen molar-refractivity contribution in [3.8, 4) is 0 Å². The van der Waals surface area contributed by atoms with E-state index in [9.17, 15) is 17.6 Å². The van der Waals surface area contributed by atoms with Crippen LogP contribution in [0.25, 0.3) is 0 Å². The lowest BCUT2D eigenvalue weighted by atomic mass is 9.95. The average molecular weight is 448 g/mol. The van der Waals surface area contributed by atoms with Crippen LogP contribution in [0.4, 0.5) is 4.39 Å². The van der Waals surface area contributed by atoms with E-state index in [1.165, 1.54) is 35.7 Å². The Morgan fingerprint density at radius 2 is 1.58 bits per heavy atom. The van der Waals surface area contributed by atoms with Gasteiger partial charge < -0.3 is 9.47 Å². The Balaban J connectivity index is 1.46. The average Bonchev–Trinajstić information content (AvgIpc) is 3.08. The number of piperazine rings is 1. The van der Waals surface area contributed by atoms with Crippen molar-refractivity contribution in [2.75, 3.05) is 26.2 Å². The minimum Gasteiger partial charge on any atom is -0.345 e. The van der Waals surface area contributed by atoms with E-state index in [0.29, 0.717) is 19.1 Å². The number of rotatable bonds is 4. The van der Waals surface area contributed by atoms with Crippen LogP contribution in [0.5, 0.6) is 0 Å². The highest BCUT2D eigenvalue weighted by molar-refractivity contribution is 7.89. The Morgan fingerprint density at radius 1 is 0.968 bits per heavy atom. The number of halogens is 1. The largest absolute Gasteiger partial charge is 0.345 e. The number of aryl methyl sites for hydroxylation is 1. The highest BCUT2D eigenvalue weighted by Gasteiger charge is 2.32. The van der Waals surface area contributed by atoms with Crippen molar-refractivity contribution in [3.05, 3.63) is 53.1 Å². The maximum Gasteiger partial charge on any atom is 0.255 e. The maximum absolute atomic E-state index is 13.2. The lowest BCUT2D eigenvalue weighted by Gasteiger charge is -2.34. The molecular formula is C23H30FN3O3S. The van der Waals surface area contributed by atoms with Crippen LogP contribution in [-0.2, 0) is 10.0 Å². The molecule has 0 N–H and O–H groups in total. The summed E-state index contributed by atoms with van der Waals surface area (Å²) >= 11 is 0. The first-order valence-electron chi connectivity index (χ1n) is 11.0. The van der Waals surface area contributed by atoms with Crippen molar-refractivity contribution in [2.45, 2.75) is 56.9 Å². The van der Waals surface area contributed by atoms with Gasteiger partial charge in [0.25, 0.3) is 5.91 Å². The van der Waals surface area contributed by atoms with E-state index in [2.05, 4.69) is 11.5 Å². The predicted molar refractivity (Wildman–Crippen MR) is 117 cm³/mol. The van der Waals surface area contributed by atoms with Gasteiger partial charge in [0.05, 0.1) is 10.5 Å². The molecule has 1 amide bonds. The highest BCUT2D eigenvalue weighted by atomic mass is 32.2. The van der Waals surface area contributed by atoms with E-state index in [1.807, 2.05) is 13.0 Å². The maximum atomic E-state index is 13.2. The third-order valence-corrected chi connectivity index (χ3v) is 8.54. The lowest BCUT2D eigenvalue weighted by Crippen LogP contribution is -2.50. The first kappa shape index (κ1) is 22.0. The molecule has 0 unspecified atom stereocenters. The second-order valence-electron chi connectivity index (χ2n) is 8.60. The fraction of sp³-hybridized carbons (Fsp3) is 0.522. The summed E-state index contributed by atoms with van der Waals surface area (Å²) < 4.78 is 42.5. The normalized spacial score (nSPS) is 19.0. The molecule has 2 aliphatic rings. The number of hydrogen-bond donors (Lipinski definition) is 0.